The molecule has 1 rings (SSSR count). The van der Waals surface area contributed by atoms with Crippen molar-refractivity contribution in [2.45, 2.75) is 20.0 Å². The molecule has 0 aliphatic heterocycles. The Hall–Kier alpha value is -1.13. The number of halogens is 1. The summed E-state index contributed by atoms with van der Waals surface area (Å²) < 4.78 is 18.0. The van der Waals surface area contributed by atoms with E-state index in [1.807, 2.05) is 0 Å². The van der Waals surface area contributed by atoms with E-state index >= 15 is 0 Å². The first-order valence-electron chi connectivity index (χ1n) is 5.94. The van der Waals surface area contributed by atoms with Crippen LogP contribution >= 0.6 is 0 Å². The van der Waals surface area contributed by atoms with Crippen LogP contribution in [0.2, 0.25) is 0 Å². The molecule has 4 heteroatoms. The monoisotopic (exact) mass is 241 g/mol. The second-order valence-corrected chi connectivity index (χ2v) is 3.90. The van der Waals surface area contributed by atoms with E-state index in [9.17, 15) is 9.50 Å². The Morgan fingerprint density at radius 2 is 1.82 bits per heavy atom. The molecule has 0 heterocycles. The average Bonchev–Trinajstić information content (AvgIpc) is 2.35. The highest BCUT2D eigenvalue weighted by Gasteiger charge is 2.09. The number of aliphatic hydroxyl groups excluding tert-OH is 1. The van der Waals surface area contributed by atoms with Crippen LogP contribution in [-0.4, -0.2) is 42.4 Å². The number of aliphatic hydroxyl groups is 1. The summed E-state index contributed by atoms with van der Waals surface area (Å²) in [6, 6.07) is 5.79. The highest BCUT2D eigenvalue weighted by molar-refractivity contribution is 5.22. The fraction of sp³-hybridized carbons (Fsp3) is 0.538. The van der Waals surface area contributed by atoms with Crippen LogP contribution in [-0.2, 0) is 0 Å². The molecular weight excluding hydrogens is 221 g/mol. The number of ether oxygens (including phenoxy) is 1. The molecule has 0 aliphatic carbocycles. The van der Waals surface area contributed by atoms with Crippen molar-refractivity contribution in [2.75, 3.05) is 26.2 Å². The van der Waals surface area contributed by atoms with E-state index in [1.54, 1.807) is 12.1 Å². The molecule has 17 heavy (non-hydrogen) atoms. The molecule has 0 bridgehead atoms. The summed E-state index contributed by atoms with van der Waals surface area (Å²) >= 11 is 0. The molecule has 0 aliphatic rings. The Labute approximate surface area is 102 Å². The van der Waals surface area contributed by atoms with E-state index in [0.717, 1.165) is 13.1 Å². The molecule has 1 atom stereocenters. The lowest BCUT2D eigenvalue weighted by Crippen LogP contribution is -2.35. The number of likely N-dealkylation sites (N-methyl/N-ethyl adjacent to an activating group) is 1. The molecular formula is C13H20FNO2. The fourth-order valence-electron chi connectivity index (χ4n) is 1.56. The van der Waals surface area contributed by atoms with Crippen molar-refractivity contribution in [1.29, 1.82) is 0 Å². The van der Waals surface area contributed by atoms with Gasteiger partial charge < -0.3 is 14.7 Å². The summed E-state index contributed by atoms with van der Waals surface area (Å²) in [4.78, 5) is 2.12. The van der Waals surface area contributed by atoms with Gasteiger partial charge in [0, 0.05) is 6.54 Å². The molecule has 0 saturated heterocycles. The summed E-state index contributed by atoms with van der Waals surface area (Å²) in [7, 11) is 0. The van der Waals surface area contributed by atoms with Gasteiger partial charge in [-0.1, -0.05) is 13.8 Å². The van der Waals surface area contributed by atoms with Crippen LogP contribution < -0.4 is 4.74 Å². The van der Waals surface area contributed by atoms with Crippen molar-refractivity contribution in [3.63, 3.8) is 0 Å². The molecule has 96 valence electrons. The van der Waals surface area contributed by atoms with Crippen molar-refractivity contribution >= 4 is 0 Å². The maximum absolute atomic E-state index is 12.6. The van der Waals surface area contributed by atoms with Crippen LogP contribution in [0.25, 0.3) is 0 Å². The van der Waals surface area contributed by atoms with Gasteiger partial charge in [0.1, 0.15) is 24.3 Å². The molecule has 0 spiro atoms. The molecule has 0 radical (unpaired) electrons. The third kappa shape index (κ3) is 5.15. The van der Waals surface area contributed by atoms with Crippen molar-refractivity contribution in [3.8, 4) is 5.75 Å². The predicted molar refractivity (Wildman–Crippen MR) is 65.7 cm³/mol. The molecule has 1 aromatic rings. The van der Waals surface area contributed by atoms with Gasteiger partial charge in [0.15, 0.2) is 0 Å². The van der Waals surface area contributed by atoms with Crippen molar-refractivity contribution in [1.82, 2.24) is 4.90 Å². The van der Waals surface area contributed by atoms with E-state index in [0.29, 0.717) is 12.3 Å². The summed E-state index contributed by atoms with van der Waals surface area (Å²) in [5, 5.41) is 9.76. The zero-order chi connectivity index (χ0) is 12.7. The van der Waals surface area contributed by atoms with Crippen LogP contribution in [0, 0.1) is 5.82 Å². The quantitative estimate of drug-likeness (QED) is 0.791. The normalized spacial score (nSPS) is 12.8. The van der Waals surface area contributed by atoms with E-state index in [4.69, 9.17) is 4.74 Å². The predicted octanol–water partition coefficient (Wildman–Crippen LogP) is 1.91. The van der Waals surface area contributed by atoms with Gasteiger partial charge in [-0.05, 0) is 37.4 Å². The van der Waals surface area contributed by atoms with Crippen LogP contribution in [0.4, 0.5) is 4.39 Å². The third-order valence-electron chi connectivity index (χ3n) is 2.62. The minimum absolute atomic E-state index is 0.224. The SMILES string of the molecule is CCN(CC)CC(O)COc1ccc(F)cc1. The maximum atomic E-state index is 12.6. The standard InChI is InChI=1S/C13H20FNO2/c1-3-15(4-2)9-12(16)10-17-13-7-5-11(14)6-8-13/h5-8,12,16H,3-4,9-10H2,1-2H3. The van der Waals surface area contributed by atoms with E-state index < -0.39 is 6.10 Å². The van der Waals surface area contributed by atoms with Gasteiger partial charge in [-0.25, -0.2) is 4.39 Å². The minimum Gasteiger partial charge on any atom is -0.491 e. The van der Waals surface area contributed by atoms with Crippen LogP contribution in [0.15, 0.2) is 24.3 Å². The number of hydrogen-bond donors (Lipinski definition) is 1. The van der Waals surface area contributed by atoms with Gasteiger partial charge in [0.05, 0.1) is 0 Å². The number of nitrogens with zero attached hydrogens (tertiary/aromatic N) is 1. The Bertz CT molecular complexity index is 312. The Morgan fingerprint density at radius 3 is 2.35 bits per heavy atom. The Kier molecular flexibility index (Phi) is 5.94. The van der Waals surface area contributed by atoms with Gasteiger partial charge in [-0.2, -0.15) is 0 Å². The molecule has 1 aromatic carbocycles. The minimum atomic E-state index is -0.528. The first-order valence-corrected chi connectivity index (χ1v) is 5.94. The zero-order valence-corrected chi connectivity index (χ0v) is 10.4. The first kappa shape index (κ1) is 13.9. The highest BCUT2D eigenvalue weighted by Crippen LogP contribution is 2.11. The van der Waals surface area contributed by atoms with E-state index in [-0.39, 0.29) is 12.4 Å². The Balaban J connectivity index is 2.32. The number of rotatable bonds is 7. The van der Waals surface area contributed by atoms with Gasteiger partial charge in [-0.15, -0.1) is 0 Å². The van der Waals surface area contributed by atoms with E-state index in [2.05, 4.69) is 18.7 Å². The summed E-state index contributed by atoms with van der Waals surface area (Å²) in [6.45, 7) is 6.73. The second-order valence-electron chi connectivity index (χ2n) is 3.90. The number of hydrogen-bond acceptors (Lipinski definition) is 3. The zero-order valence-electron chi connectivity index (χ0n) is 10.4. The Morgan fingerprint density at radius 1 is 1.24 bits per heavy atom. The molecule has 0 amide bonds. The van der Waals surface area contributed by atoms with Gasteiger partial charge in [-0.3, -0.25) is 0 Å². The smallest absolute Gasteiger partial charge is 0.123 e. The number of benzene rings is 1. The van der Waals surface area contributed by atoms with Gasteiger partial charge in [0.2, 0.25) is 0 Å². The van der Waals surface area contributed by atoms with Crippen LogP contribution in [0.1, 0.15) is 13.8 Å². The van der Waals surface area contributed by atoms with Gasteiger partial charge in [0.25, 0.3) is 0 Å². The third-order valence-corrected chi connectivity index (χ3v) is 2.62. The molecule has 1 unspecified atom stereocenters. The highest BCUT2D eigenvalue weighted by atomic mass is 19.1. The second kappa shape index (κ2) is 7.25. The van der Waals surface area contributed by atoms with Crippen LogP contribution in [0.5, 0.6) is 5.75 Å². The van der Waals surface area contributed by atoms with Crippen molar-refractivity contribution in [2.24, 2.45) is 0 Å². The molecule has 0 aromatic heterocycles. The molecule has 0 fully saturated rings. The lowest BCUT2D eigenvalue weighted by Gasteiger charge is -2.21. The fourth-order valence-corrected chi connectivity index (χ4v) is 1.56. The topological polar surface area (TPSA) is 32.7 Å². The summed E-state index contributed by atoms with van der Waals surface area (Å²) in [5.74, 6) is 0.283. The largest absolute Gasteiger partial charge is 0.491 e. The molecule has 0 saturated carbocycles. The van der Waals surface area contributed by atoms with Crippen LogP contribution in [0.3, 0.4) is 0 Å². The summed E-state index contributed by atoms with van der Waals surface area (Å²) in [5.41, 5.74) is 0. The lowest BCUT2D eigenvalue weighted by molar-refractivity contribution is 0.0716. The molecule has 1 N–H and O–H groups in total. The lowest BCUT2D eigenvalue weighted by atomic mass is 10.3. The van der Waals surface area contributed by atoms with E-state index in [1.165, 1.54) is 12.1 Å². The van der Waals surface area contributed by atoms with Crippen molar-refractivity contribution in [3.05, 3.63) is 30.1 Å². The maximum Gasteiger partial charge on any atom is 0.123 e. The first-order chi connectivity index (χ1) is 8.15. The average molecular weight is 241 g/mol. The molecule has 3 nitrogen and oxygen atoms in total. The summed E-state index contributed by atoms with van der Waals surface area (Å²) in [6.07, 6.45) is -0.528. The van der Waals surface area contributed by atoms with Crippen molar-refractivity contribution < 1.29 is 14.2 Å². The van der Waals surface area contributed by atoms with Gasteiger partial charge >= 0.3 is 0 Å².